The number of nitriles is 1. The minimum Gasteiger partial charge on any atom is -0.395 e. The summed E-state index contributed by atoms with van der Waals surface area (Å²) in [5, 5.41) is 12.4. The summed E-state index contributed by atoms with van der Waals surface area (Å²) in [7, 11) is 0. The lowest BCUT2D eigenvalue weighted by Crippen LogP contribution is -2.30. The maximum Gasteiger partial charge on any atom is 0.150 e. The van der Waals surface area contributed by atoms with E-state index in [1.807, 2.05) is 0 Å². The van der Waals surface area contributed by atoms with Crippen LogP contribution in [-0.4, -0.2) is 11.0 Å². The lowest BCUT2D eigenvalue weighted by Gasteiger charge is -2.29. The van der Waals surface area contributed by atoms with Gasteiger partial charge in [-0.15, -0.1) is 0 Å². The molecule has 1 aromatic heterocycles. The molecule has 0 aliphatic heterocycles. The molecule has 3 rings (SSSR count). The van der Waals surface area contributed by atoms with Crippen LogP contribution in [-0.2, 0) is 0 Å². The van der Waals surface area contributed by atoms with Gasteiger partial charge in [-0.05, 0) is 50.0 Å². The van der Waals surface area contributed by atoms with Gasteiger partial charge in [0.1, 0.15) is 6.07 Å². The van der Waals surface area contributed by atoms with Crippen molar-refractivity contribution in [2.75, 3.05) is 11.1 Å². The number of fused-ring (bicyclic) bond motifs is 2. The molecular formula is C15H20N4. The Balaban J connectivity index is 1.73. The van der Waals surface area contributed by atoms with Crippen LogP contribution >= 0.6 is 0 Å². The number of hydrogen-bond donors (Lipinski definition) is 2. The van der Waals surface area contributed by atoms with E-state index < -0.39 is 0 Å². The molecule has 1 aromatic rings. The third kappa shape index (κ3) is 2.14. The monoisotopic (exact) mass is 256 g/mol. The Labute approximate surface area is 114 Å². The summed E-state index contributed by atoms with van der Waals surface area (Å²) in [5.74, 6) is 3.20. The Morgan fingerprint density at radius 2 is 2.32 bits per heavy atom. The van der Waals surface area contributed by atoms with Gasteiger partial charge in [0.05, 0.1) is 11.3 Å². The van der Waals surface area contributed by atoms with E-state index in [4.69, 9.17) is 11.0 Å². The Morgan fingerprint density at radius 1 is 1.47 bits per heavy atom. The minimum atomic E-state index is 0.374. The average Bonchev–Trinajstić information content (AvgIpc) is 3.03. The van der Waals surface area contributed by atoms with Gasteiger partial charge >= 0.3 is 0 Å². The summed E-state index contributed by atoms with van der Waals surface area (Å²) in [6.45, 7) is 2.21. The quantitative estimate of drug-likeness (QED) is 0.872. The van der Waals surface area contributed by atoms with E-state index in [1.165, 1.54) is 25.7 Å². The zero-order valence-electron chi connectivity index (χ0n) is 11.3. The van der Waals surface area contributed by atoms with Gasteiger partial charge in [-0.1, -0.05) is 6.42 Å². The smallest absolute Gasteiger partial charge is 0.150 e. The first kappa shape index (κ1) is 12.3. The number of nitrogens with one attached hydrogen (secondary N) is 1. The molecule has 2 aliphatic carbocycles. The fourth-order valence-corrected chi connectivity index (χ4v) is 3.91. The van der Waals surface area contributed by atoms with Crippen molar-refractivity contribution in [2.24, 2.45) is 17.8 Å². The first-order valence-corrected chi connectivity index (χ1v) is 7.10. The second kappa shape index (κ2) is 4.73. The number of aromatic nitrogens is 1. The highest BCUT2D eigenvalue weighted by atomic mass is 15.0. The van der Waals surface area contributed by atoms with E-state index in [-0.39, 0.29) is 0 Å². The molecule has 0 amide bonds. The summed E-state index contributed by atoms with van der Waals surface area (Å²) >= 11 is 0. The van der Waals surface area contributed by atoms with Crippen molar-refractivity contribution in [1.29, 1.82) is 5.26 Å². The van der Waals surface area contributed by atoms with Crippen LogP contribution in [0.5, 0.6) is 0 Å². The predicted molar refractivity (Wildman–Crippen MR) is 75.4 cm³/mol. The zero-order chi connectivity index (χ0) is 13.4. The Kier molecular flexibility index (Phi) is 3.06. The molecule has 19 heavy (non-hydrogen) atoms. The van der Waals surface area contributed by atoms with Crippen molar-refractivity contribution < 1.29 is 0 Å². The SMILES string of the molecule is CC(Nc1nccc(C#N)c1N)C1CC2CCC1C2. The molecule has 4 atom stereocenters. The summed E-state index contributed by atoms with van der Waals surface area (Å²) < 4.78 is 0. The summed E-state index contributed by atoms with van der Waals surface area (Å²) in [4.78, 5) is 4.27. The van der Waals surface area contributed by atoms with Crippen LogP contribution in [0.2, 0.25) is 0 Å². The first-order chi connectivity index (χ1) is 9.19. The van der Waals surface area contributed by atoms with Gasteiger partial charge in [-0.2, -0.15) is 5.26 Å². The summed E-state index contributed by atoms with van der Waals surface area (Å²) in [6, 6.07) is 4.13. The van der Waals surface area contributed by atoms with E-state index in [0.717, 1.165) is 17.8 Å². The highest BCUT2D eigenvalue weighted by molar-refractivity contribution is 5.69. The van der Waals surface area contributed by atoms with Gasteiger partial charge in [0.2, 0.25) is 0 Å². The van der Waals surface area contributed by atoms with Gasteiger partial charge < -0.3 is 11.1 Å². The number of nitrogens with zero attached hydrogens (tertiary/aromatic N) is 2. The fourth-order valence-electron chi connectivity index (χ4n) is 3.91. The number of anilines is 2. The predicted octanol–water partition coefficient (Wildman–Crippen LogP) is 2.77. The summed E-state index contributed by atoms with van der Waals surface area (Å²) in [5.41, 5.74) is 6.94. The zero-order valence-corrected chi connectivity index (χ0v) is 11.3. The molecular weight excluding hydrogens is 236 g/mol. The molecule has 2 aliphatic rings. The van der Waals surface area contributed by atoms with Gasteiger partial charge in [0, 0.05) is 12.2 Å². The van der Waals surface area contributed by atoms with Gasteiger partial charge in [0.15, 0.2) is 5.82 Å². The van der Waals surface area contributed by atoms with E-state index in [2.05, 4.69) is 23.3 Å². The molecule has 0 saturated heterocycles. The number of hydrogen-bond acceptors (Lipinski definition) is 4. The third-order valence-electron chi connectivity index (χ3n) is 4.91. The lowest BCUT2D eigenvalue weighted by molar-refractivity contribution is 0.304. The standard InChI is InChI=1S/C15H20N4/c1-9(13-7-10-2-3-11(13)6-10)19-15-14(17)12(8-16)4-5-18-15/h4-5,9-11,13H,2-3,6-7,17H2,1H3,(H,18,19). The number of pyridine rings is 1. The van der Waals surface area contributed by atoms with Crippen LogP contribution in [0.1, 0.15) is 38.2 Å². The van der Waals surface area contributed by atoms with Gasteiger partial charge in [-0.25, -0.2) is 4.98 Å². The Hall–Kier alpha value is -1.76. The molecule has 4 unspecified atom stereocenters. The van der Waals surface area contributed by atoms with E-state index in [1.54, 1.807) is 12.3 Å². The molecule has 2 fully saturated rings. The minimum absolute atomic E-state index is 0.374. The van der Waals surface area contributed by atoms with Gasteiger partial charge in [0.25, 0.3) is 0 Å². The van der Waals surface area contributed by atoms with Crippen LogP contribution in [0.15, 0.2) is 12.3 Å². The van der Waals surface area contributed by atoms with Crippen molar-refractivity contribution in [2.45, 2.75) is 38.6 Å². The van der Waals surface area contributed by atoms with Gasteiger partial charge in [-0.3, -0.25) is 0 Å². The largest absolute Gasteiger partial charge is 0.395 e. The molecule has 0 spiro atoms. The third-order valence-corrected chi connectivity index (χ3v) is 4.91. The van der Waals surface area contributed by atoms with E-state index >= 15 is 0 Å². The maximum absolute atomic E-state index is 8.99. The maximum atomic E-state index is 8.99. The molecule has 100 valence electrons. The Bertz CT molecular complexity index is 519. The normalized spacial score (nSPS) is 30.0. The fraction of sp³-hybridized carbons (Fsp3) is 0.600. The number of nitrogen functional groups attached to an aromatic ring is 1. The lowest BCUT2D eigenvalue weighted by atomic mass is 9.84. The Morgan fingerprint density at radius 3 is 2.95 bits per heavy atom. The van der Waals surface area contributed by atoms with Crippen molar-refractivity contribution in [3.8, 4) is 6.07 Å². The first-order valence-electron chi connectivity index (χ1n) is 7.10. The molecule has 0 aromatic carbocycles. The average molecular weight is 256 g/mol. The molecule has 1 heterocycles. The number of nitrogens with two attached hydrogens (primary N) is 1. The van der Waals surface area contributed by atoms with Crippen LogP contribution < -0.4 is 11.1 Å². The van der Waals surface area contributed by atoms with E-state index in [9.17, 15) is 0 Å². The second-order valence-electron chi connectivity index (χ2n) is 6.00. The highest BCUT2D eigenvalue weighted by Gasteiger charge is 2.41. The molecule has 0 radical (unpaired) electrons. The molecule has 2 bridgehead atoms. The van der Waals surface area contributed by atoms with Crippen molar-refractivity contribution in [3.05, 3.63) is 17.8 Å². The second-order valence-corrected chi connectivity index (χ2v) is 6.00. The van der Waals surface area contributed by atoms with Crippen LogP contribution in [0.25, 0.3) is 0 Å². The van der Waals surface area contributed by atoms with Crippen molar-refractivity contribution >= 4 is 11.5 Å². The number of rotatable bonds is 3. The highest BCUT2D eigenvalue weighted by Crippen LogP contribution is 2.49. The van der Waals surface area contributed by atoms with Crippen LogP contribution in [0.4, 0.5) is 11.5 Å². The van der Waals surface area contributed by atoms with E-state index in [0.29, 0.717) is 23.1 Å². The molecule has 4 nitrogen and oxygen atoms in total. The molecule has 2 saturated carbocycles. The van der Waals surface area contributed by atoms with Crippen molar-refractivity contribution in [3.63, 3.8) is 0 Å². The topological polar surface area (TPSA) is 74.7 Å². The molecule has 4 heteroatoms. The van der Waals surface area contributed by atoms with Crippen LogP contribution in [0.3, 0.4) is 0 Å². The molecule has 3 N–H and O–H groups in total. The van der Waals surface area contributed by atoms with Crippen molar-refractivity contribution in [1.82, 2.24) is 4.98 Å². The van der Waals surface area contributed by atoms with Crippen LogP contribution in [0, 0.1) is 29.1 Å². The summed E-state index contributed by atoms with van der Waals surface area (Å²) in [6.07, 6.45) is 7.17.